The van der Waals surface area contributed by atoms with Crippen molar-refractivity contribution in [2.24, 2.45) is 0 Å². The minimum atomic E-state index is 1.07. The van der Waals surface area contributed by atoms with Crippen LogP contribution >= 0.6 is 0 Å². The lowest BCUT2D eigenvalue weighted by molar-refractivity contribution is 0.237. The Labute approximate surface area is 118 Å². The van der Waals surface area contributed by atoms with Gasteiger partial charge in [0.1, 0.15) is 0 Å². The lowest BCUT2D eigenvalue weighted by atomic mass is 10.0. The number of hydrogen-bond acceptors (Lipinski definition) is 2. The topological polar surface area (TPSA) is 15.3 Å². The van der Waals surface area contributed by atoms with Crippen LogP contribution in [-0.2, 0) is 12.8 Å². The van der Waals surface area contributed by atoms with Crippen LogP contribution in [0.5, 0.6) is 0 Å². The van der Waals surface area contributed by atoms with Gasteiger partial charge in [-0.15, -0.1) is 0 Å². The van der Waals surface area contributed by atoms with E-state index in [0.717, 1.165) is 19.4 Å². The van der Waals surface area contributed by atoms with Crippen LogP contribution in [0.25, 0.3) is 0 Å². The summed E-state index contributed by atoms with van der Waals surface area (Å²) in [6, 6.07) is 6.69. The van der Waals surface area contributed by atoms with Crippen LogP contribution in [0.2, 0.25) is 0 Å². The third-order valence-electron chi connectivity index (χ3n) is 4.18. The number of nitrogens with zero attached hydrogens (tertiary/aromatic N) is 1. The molecular weight excluding hydrogens is 232 g/mol. The third-order valence-corrected chi connectivity index (χ3v) is 4.18. The molecule has 0 unspecified atom stereocenters. The minimum absolute atomic E-state index is 1.07. The van der Waals surface area contributed by atoms with Gasteiger partial charge in [0.05, 0.1) is 0 Å². The molecule has 1 aliphatic heterocycles. The van der Waals surface area contributed by atoms with Crippen LogP contribution in [0.4, 0.5) is 5.69 Å². The molecule has 0 bridgehead atoms. The van der Waals surface area contributed by atoms with Crippen LogP contribution in [0, 0.1) is 0 Å². The smallest absolute Gasteiger partial charge is 0.0405 e. The van der Waals surface area contributed by atoms with E-state index in [4.69, 9.17) is 0 Å². The maximum atomic E-state index is 3.69. The number of anilines is 1. The molecule has 2 nitrogen and oxygen atoms in total. The average molecular weight is 260 g/mol. The summed E-state index contributed by atoms with van der Waals surface area (Å²) in [5, 5.41) is 3.69. The number of para-hydroxylation sites is 1. The number of aryl methyl sites for hydroxylation is 2. The lowest BCUT2D eigenvalue weighted by Crippen LogP contribution is -2.33. The molecule has 0 radical (unpaired) electrons. The number of piperidine rings is 1. The van der Waals surface area contributed by atoms with E-state index in [0.29, 0.717) is 0 Å². The fourth-order valence-electron chi connectivity index (χ4n) is 2.99. The molecule has 106 valence electrons. The van der Waals surface area contributed by atoms with E-state index in [1.165, 1.54) is 55.7 Å². The second-order valence-electron chi connectivity index (χ2n) is 5.49. The summed E-state index contributed by atoms with van der Waals surface area (Å²) >= 11 is 0. The Morgan fingerprint density at radius 3 is 2.21 bits per heavy atom. The molecule has 1 aliphatic rings. The van der Waals surface area contributed by atoms with Crippen molar-refractivity contribution in [1.29, 1.82) is 0 Å². The zero-order chi connectivity index (χ0) is 13.5. The van der Waals surface area contributed by atoms with Gasteiger partial charge in [-0.3, -0.25) is 0 Å². The SMILES string of the molecule is CCc1cccc(CC)c1NCCN1CCCCC1. The van der Waals surface area contributed by atoms with Gasteiger partial charge < -0.3 is 10.2 Å². The van der Waals surface area contributed by atoms with E-state index < -0.39 is 0 Å². The van der Waals surface area contributed by atoms with E-state index in [1.807, 2.05) is 0 Å². The first-order valence-electron chi connectivity index (χ1n) is 7.92. The summed E-state index contributed by atoms with van der Waals surface area (Å²) in [5.74, 6) is 0. The molecule has 1 aromatic rings. The van der Waals surface area contributed by atoms with Crippen molar-refractivity contribution in [3.63, 3.8) is 0 Å². The van der Waals surface area contributed by atoms with Crippen molar-refractivity contribution in [1.82, 2.24) is 4.90 Å². The predicted molar refractivity (Wildman–Crippen MR) is 84.0 cm³/mol. The van der Waals surface area contributed by atoms with Gasteiger partial charge in [-0.2, -0.15) is 0 Å². The van der Waals surface area contributed by atoms with Crippen molar-refractivity contribution in [2.45, 2.75) is 46.0 Å². The minimum Gasteiger partial charge on any atom is -0.383 e. The maximum absolute atomic E-state index is 3.69. The van der Waals surface area contributed by atoms with Crippen molar-refractivity contribution < 1.29 is 0 Å². The zero-order valence-electron chi connectivity index (χ0n) is 12.5. The van der Waals surface area contributed by atoms with Gasteiger partial charge >= 0.3 is 0 Å². The van der Waals surface area contributed by atoms with Gasteiger partial charge in [-0.25, -0.2) is 0 Å². The number of nitrogens with one attached hydrogen (secondary N) is 1. The summed E-state index contributed by atoms with van der Waals surface area (Å²) in [6.07, 6.45) is 6.40. The normalized spacial score (nSPS) is 16.5. The van der Waals surface area contributed by atoms with Crippen LogP contribution in [0.3, 0.4) is 0 Å². The number of likely N-dealkylation sites (tertiary alicyclic amines) is 1. The van der Waals surface area contributed by atoms with E-state index in [-0.39, 0.29) is 0 Å². The molecule has 0 amide bonds. The molecule has 1 aromatic carbocycles. The fourth-order valence-corrected chi connectivity index (χ4v) is 2.99. The van der Waals surface area contributed by atoms with Gasteiger partial charge in [-0.05, 0) is 49.9 Å². The first kappa shape index (κ1) is 14.4. The van der Waals surface area contributed by atoms with Gasteiger partial charge in [0, 0.05) is 18.8 Å². The molecule has 1 N–H and O–H groups in total. The highest BCUT2D eigenvalue weighted by Crippen LogP contribution is 2.22. The summed E-state index contributed by atoms with van der Waals surface area (Å²) in [4.78, 5) is 2.59. The highest BCUT2D eigenvalue weighted by molar-refractivity contribution is 5.57. The largest absolute Gasteiger partial charge is 0.383 e. The summed E-state index contributed by atoms with van der Waals surface area (Å²) in [6.45, 7) is 9.32. The zero-order valence-corrected chi connectivity index (χ0v) is 12.5. The van der Waals surface area contributed by atoms with Crippen LogP contribution in [0.1, 0.15) is 44.2 Å². The Balaban J connectivity index is 1.90. The second kappa shape index (κ2) is 7.54. The number of hydrogen-bond donors (Lipinski definition) is 1. The third kappa shape index (κ3) is 3.97. The quantitative estimate of drug-likeness (QED) is 0.839. The molecule has 0 atom stereocenters. The van der Waals surface area contributed by atoms with Crippen molar-refractivity contribution >= 4 is 5.69 Å². The summed E-state index contributed by atoms with van der Waals surface area (Å²) < 4.78 is 0. The Bertz CT molecular complexity index is 359. The Hall–Kier alpha value is -1.02. The molecule has 0 spiro atoms. The molecule has 1 saturated heterocycles. The van der Waals surface area contributed by atoms with Crippen molar-refractivity contribution in [3.05, 3.63) is 29.3 Å². The molecule has 0 saturated carbocycles. The molecule has 0 aromatic heterocycles. The molecule has 1 heterocycles. The highest BCUT2D eigenvalue weighted by Gasteiger charge is 2.10. The lowest BCUT2D eigenvalue weighted by Gasteiger charge is -2.27. The van der Waals surface area contributed by atoms with E-state index in [1.54, 1.807) is 0 Å². The van der Waals surface area contributed by atoms with E-state index in [9.17, 15) is 0 Å². The molecule has 1 fully saturated rings. The van der Waals surface area contributed by atoms with Crippen LogP contribution in [0.15, 0.2) is 18.2 Å². The maximum Gasteiger partial charge on any atom is 0.0405 e. The summed E-state index contributed by atoms with van der Waals surface area (Å²) in [7, 11) is 0. The molecule has 2 rings (SSSR count). The fraction of sp³-hybridized carbons (Fsp3) is 0.647. The standard InChI is InChI=1S/C17H28N2/c1-3-15-9-8-10-16(4-2)17(15)18-11-14-19-12-6-5-7-13-19/h8-10,18H,3-7,11-14H2,1-2H3. The molecular formula is C17H28N2. The first-order valence-corrected chi connectivity index (χ1v) is 7.92. The van der Waals surface area contributed by atoms with E-state index >= 15 is 0 Å². The molecule has 19 heavy (non-hydrogen) atoms. The summed E-state index contributed by atoms with van der Waals surface area (Å²) in [5.41, 5.74) is 4.31. The van der Waals surface area contributed by atoms with Crippen molar-refractivity contribution in [2.75, 3.05) is 31.5 Å². The Kier molecular flexibility index (Phi) is 5.71. The van der Waals surface area contributed by atoms with Crippen LogP contribution < -0.4 is 5.32 Å². The van der Waals surface area contributed by atoms with Gasteiger partial charge in [-0.1, -0.05) is 38.5 Å². The first-order chi connectivity index (χ1) is 9.35. The Morgan fingerprint density at radius 1 is 1.00 bits per heavy atom. The van der Waals surface area contributed by atoms with Crippen LogP contribution in [-0.4, -0.2) is 31.1 Å². The number of benzene rings is 1. The monoisotopic (exact) mass is 260 g/mol. The average Bonchev–Trinajstić information content (AvgIpc) is 2.48. The second-order valence-corrected chi connectivity index (χ2v) is 5.49. The highest BCUT2D eigenvalue weighted by atomic mass is 15.1. The van der Waals surface area contributed by atoms with Gasteiger partial charge in [0.25, 0.3) is 0 Å². The Morgan fingerprint density at radius 2 is 1.63 bits per heavy atom. The van der Waals surface area contributed by atoms with Crippen molar-refractivity contribution in [3.8, 4) is 0 Å². The van der Waals surface area contributed by atoms with Gasteiger partial charge in [0.15, 0.2) is 0 Å². The van der Waals surface area contributed by atoms with E-state index in [2.05, 4.69) is 42.3 Å². The van der Waals surface area contributed by atoms with Gasteiger partial charge in [0.2, 0.25) is 0 Å². The molecule has 2 heteroatoms. The number of rotatable bonds is 6. The molecule has 0 aliphatic carbocycles. The predicted octanol–water partition coefficient (Wildman–Crippen LogP) is 3.71.